The lowest BCUT2D eigenvalue weighted by molar-refractivity contribution is 0.459. The number of rotatable bonds is 4. The predicted molar refractivity (Wildman–Crippen MR) is 90.1 cm³/mol. The minimum absolute atomic E-state index is 0.460. The van der Waals surface area contributed by atoms with Crippen LogP contribution in [0.2, 0.25) is 10.0 Å². The van der Waals surface area contributed by atoms with Crippen LogP contribution in [0.1, 0.15) is 5.69 Å². The topological polar surface area (TPSA) is 52.5 Å². The lowest BCUT2D eigenvalue weighted by Crippen LogP contribution is -2.05. The fourth-order valence-corrected chi connectivity index (χ4v) is 3.50. The summed E-state index contributed by atoms with van der Waals surface area (Å²) in [7, 11) is 0. The van der Waals surface area contributed by atoms with Crippen LogP contribution in [0.25, 0.3) is 4.96 Å². The molecule has 2 aromatic heterocycles. The molecule has 2 N–H and O–H groups in total. The van der Waals surface area contributed by atoms with Crippen molar-refractivity contribution in [1.82, 2.24) is 9.38 Å². The number of halogens is 3. The van der Waals surface area contributed by atoms with Crippen molar-refractivity contribution >= 4 is 55.4 Å². The first-order valence-electron chi connectivity index (χ1n) is 6.07. The Labute approximate surface area is 143 Å². The number of fused-ring (bicyclic) bond motifs is 1. The highest BCUT2D eigenvalue weighted by Gasteiger charge is 2.16. The molecule has 110 valence electrons. The summed E-state index contributed by atoms with van der Waals surface area (Å²) in [6.45, 7) is 0.509. The number of thiazole rings is 1. The molecule has 2 heterocycles. The molecule has 0 atom stereocenters. The molecule has 4 nitrogen and oxygen atoms in total. The zero-order valence-electron chi connectivity index (χ0n) is 10.6. The summed E-state index contributed by atoms with van der Waals surface area (Å²) in [6, 6.07) is 3.36. The summed E-state index contributed by atoms with van der Waals surface area (Å²) in [4.78, 5) is 5.32. The molecule has 1 aromatic carbocycles. The fourth-order valence-electron chi connectivity index (χ4n) is 1.95. The first-order chi connectivity index (χ1) is 10.1. The van der Waals surface area contributed by atoms with Crippen molar-refractivity contribution in [3.05, 3.63) is 43.9 Å². The molecule has 0 unspecified atom stereocenters. The standard InChI is InChI=1S/C13H10BrCl2N3OS/c14-7-5-9(16)11(6-8(7)15)20-12-10(1-2-17)19-3-4-21-13(19)18-12/h3-6H,1-2,17H2. The molecule has 0 aliphatic rings. The molecule has 0 aliphatic carbocycles. The average Bonchev–Trinajstić information content (AvgIpc) is 3.00. The van der Waals surface area contributed by atoms with Gasteiger partial charge in [0.1, 0.15) is 5.75 Å². The van der Waals surface area contributed by atoms with Gasteiger partial charge in [-0.05, 0) is 28.5 Å². The molecule has 0 saturated heterocycles. The summed E-state index contributed by atoms with van der Waals surface area (Å²) < 4.78 is 8.54. The van der Waals surface area contributed by atoms with E-state index in [4.69, 9.17) is 33.7 Å². The first-order valence-corrected chi connectivity index (χ1v) is 8.50. The van der Waals surface area contributed by atoms with Crippen LogP contribution >= 0.6 is 50.5 Å². The van der Waals surface area contributed by atoms with Gasteiger partial charge in [0.05, 0.1) is 15.7 Å². The van der Waals surface area contributed by atoms with E-state index in [1.165, 1.54) is 11.3 Å². The smallest absolute Gasteiger partial charge is 0.242 e. The van der Waals surface area contributed by atoms with E-state index in [1.54, 1.807) is 12.1 Å². The second kappa shape index (κ2) is 6.14. The van der Waals surface area contributed by atoms with Gasteiger partial charge in [0.15, 0.2) is 4.96 Å². The maximum atomic E-state index is 6.18. The summed E-state index contributed by atoms with van der Waals surface area (Å²) in [5, 5.41) is 2.95. The highest BCUT2D eigenvalue weighted by molar-refractivity contribution is 9.10. The second-order valence-electron chi connectivity index (χ2n) is 4.26. The van der Waals surface area contributed by atoms with E-state index >= 15 is 0 Å². The van der Waals surface area contributed by atoms with Gasteiger partial charge in [0.25, 0.3) is 0 Å². The van der Waals surface area contributed by atoms with Crippen molar-refractivity contribution in [1.29, 1.82) is 0 Å². The number of benzene rings is 1. The van der Waals surface area contributed by atoms with Crippen molar-refractivity contribution in [2.75, 3.05) is 6.54 Å². The zero-order valence-corrected chi connectivity index (χ0v) is 14.6. The molecule has 21 heavy (non-hydrogen) atoms. The van der Waals surface area contributed by atoms with Crippen LogP contribution in [-0.4, -0.2) is 15.9 Å². The van der Waals surface area contributed by atoms with Crippen LogP contribution in [0.15, 0.2) is 28.2 Å². The molecule has 0 fully saturated rings. The quantitative estimate of drug-likeness (QED) is 0.635. The molecular weight excluding hydrogens is 397 g/mol. The van der Waals surface area contributed by atoms with Crippen molar-refractivity contribution in [3.63, 3.8) is 0 Å². The van der Waals surface area contributed by atoms with Gasteiger partial charge >= 0.3 is 0 Å². The molecule has 0 bridgehead atoms. The van der Waals surface area contributed by atoms with Gasteiger partial charge in [-0.25, -0.2) is 0 Å². The molecule has 3 aromatic rings. The van der Waals surface area contributed by atoms with Crippen LogP contribution in [-0.2, 0) is 6.42 Å². The maximum Gasteiger partial charge on any atom is 0.242 e. The summed E-state index contributed by atoms with van der Waals surface area (Å²) in [6.07, 6.45) is 2.61. The van der Waals surface area contributed by atoms with E-state index in [-0.39, 0.29) is 0 Å². The highest BCUT2D eigenvalue weighted by atomic mass is 79.9. The van der Waals surface area contributed by atoms with Gasteiger partial charge in [-0.3, -0.25) is 4.40 Å². The van der Waals surface area contributed by atoms with Gasteiger partial charge in [0.2, 0.25) is 5.88 Å². The molecular formula is C13H10BrCl2N3OS. The molecule has 8 heteroatoms. The number of nitrogens with two attached hydrogens (primary N) is 1. The Morgan fingerprint density at radius 2 is 2.14 bits per heavy atom. The first kappa shape index (κ1) is 15.1. The van der Waals surface area contributed by atoms with Gasteiger partial charge in [-0.1, -0.05) is 23.2 Å². The van der Waals surface area contributed by atoms with Crippen LogP contribution < -0.4 is 10.5 Å². The number of hydrogen-bond acceptors (Lipinski definition) is 4. The molecule has 0 saturated carbocycles. The summed E-state index contributed by atoms with van der Waals surface area (Å²) in [5.41, 5.74) is 6.59. The second-order valence-corrected chi connectivity index (χ2v) is 6.80. The average molecular weight is 407 g/mol. The lowest BCUT2D eigenvalue weighted by Gasteiger charge is -2.08. The van der Waals surface area contributed by atoms with Gasteiger partial charge in [0, 0.05) is 28.5 Å². The van der Waals surface area contributed by atoms with E-state index in [0.717, 1.165) is 15.1 Å². The molecule has 0 radical (unpaired) electrons. The third-order valence-electron chi connectivity index (χ3n) is 2.89. The molecule has 0 amide bonds. The minimum Gasteiger partial charge on any atom is -0.436 e. The molecule has 0 spiro atoms. The van der Waals surface area contributed by atoms with Crippen molar-refractivity contribution in [2.24, 2.45) is 5.73 Å². The Morgan fingerprint density at radius 1 is 1.33 bits per heavy atom. The number of aromatic nitrogens is 2. The Hall–Kier alpha value is -0.790. The van der Waals surface area contributed by atoms with Crippen LogP contribution in [0.3, 0.4) is 0 Å². The number of imidazole rings is 1. The Morgan fingerprint density at radius 3 is 2.90 bits per heavy atom. The Balaban J connectivity index is 2.03. The number of hydrogen-bond donors (Lipinski definition) is 1. The van der Waals surface area contributed by atoms with E-state index in [9.17, 15) is 0 Å². The van der Waals surface area contributed by atoms with E-state index in [2.05, 4.69) is 20.9 Å². The minimum atomic E-state index is 0.460. The van der Waals surface area contributed by atoms with Crippen LogP contribution in [0, 0.1) is 0 Å². The van der Waals surface area contributed by atoms with Gasteiger partial charge < -0.3 is 10.5 Å². The van der Waals surface area contributed by atoms with Crippen molar-refractivity contribution in [2.45, 2.75) is 6.42 Å². The van der Waals surface area contributed by atoms with E-state index < -0.39 is 0 Å². The molecule has 3 rings (SSSR count). The zero-order chi connectivity index (χ0) is 15.0. The summed E-state index contributed by atoms with van der Waals surface area (Å²) in [5.74, 6) is 0.974. The largest absolute Gasteiger partial charge is 0.436 e. The van der Waals surface area contributed by atoms with Crippen LogP contribution in [0.4, 0.5) is 0 Å². The predicted octanol–water partition coefficient (Wildman–Crippen LogP) is 4.76. The highest BCUT2D eigenvalue weighted by Crippen LogP contribution is 2.37. The van der Waals surface area contributed by atoms with E-state index in [0.29, 0.717) is 34.6 Å². The lowest BCUT2D eigenvalue weighted by atomic mass is 10.3. The monoisotopic (exact) mass is 405 g/mol. The molecule has 0 aliphatic heterocycles. The van der Waals surface area contributed by atoms with Gasteiger partial charge in [-0.2, -0.15) is 4.98 Å². The normalized spacial score (nSPS) is 11.2. The fraction of sp³-hybridized carbons (Fsp3) is 0.154. The van der Waals surface area contributed by atoms with E-state index in [1.807, 2.05) is 16.0 Å². The van der Waals surface area contributed by atoms with Crippen molar-refractivity contribution < 1.29 is 4.74 Å². The SMILES string of the molecule is NCCc1c(Oc2cc(Cl)c(Br)cc2Cl)nc2sccn12. The summed E-state index contributed by atoms with van der Waals surface area (Å²) >= 11 is 17.1. The van der Waals surface area contributed by atoms with Gasteiger partial charge in [-0.15, -0.1) is 11.3 Å². The third-order valence-corrected chi connectivity index (χ3v) is 5.14. The Kier molecular flexibility index (Phi) is 4.42. The third kappa shape index (κ3) is 2.91. The number of nitrogens with zero attached hydrogens (tertiary/aromatic N) is 2. The maximum absolute atomic E-state index is 6.18. The Bertz CT molecular complexity index is 802. The van der Waals surface area contributed by atoms with Crippen molar-refractivity contribution in [3.8, 4) is 11.6 Å². The number of ether oxygens (including phenoxy) is 1. The van der Waals surface area contributed by atoms with Crippen LogP contribution in [0.5, 0.6) is 11.6 Å².